The van der Waals surface area contributed by atoms with E-state index in [4.69, 9.17) is 14.2 Å². The SMILES string of the molecule is CCCCCCCCCCCCCCCCCCCCCC(=O)O[C@H](COC(=O)CCCCCCCCCCCCCCCCC(C)C)COC(=O)CCCCCCCCCCCCCCCC(C)C. The predicted octanol–water partition coefficient (Wildman–Crippen LogP) is 21.2. The minimum atomic E-state index is -0.764. The molecule has 0 aromatic heterocycles. The van der Waals surface area contributed by atoms with Crippen LogP contribution in [0.5, 0.6) is 0 Å². The van der Waals surface area contributed by atoms with Crippen molar-refractivity contribution in [2.45, 2.75) is 368 Å². The zero-order valence-corrected chi connectivity index (χ0v) is 48.2. The smallest absolute Gasteiger partial charge is 0.306 e. The fourth-order valence-electron chi connectivity index (χ4n) is 9.93. The molecule has 0 aliphatic carbocycles. The van der Waals surface area contributed by atoms with Crippen LogP contribution >= 0.6 is 0 Å². The Labute approximate surface area is 438 Å². The summed E-state index contributed by atoms with van der Waals surface area (Å²) >= 11 is 0. The van der Waals surface area contributed by atoms with Gasteiger partial charge < -0.3 is 14.2 Å². The van der Waals surface area contributed by atoms with E-state index in [0.29, 0.717) is 19.3 Å². The topological polar surface area (TPSA) is 78.9 Å². The highest BCUT2D eigenvalue weighted by molar-refractivity contribution is 5.71. The Balaban J connectivity index is 4.29. The maximum Gasteiger partial charge on any atom is 0.306 e. The maximum atomic E-state index is 12.9. The van der Waals surface area contributed by atoms with E-state index in [9.17, 15) is 14.4 Å². The van der Waals surface area contributed by atoms with Crippen LogP contribution in [0.1, 0.15) is 362 Å². The van der Waals surface area contributed by atoms with Crippen molar-refractivity contribution in [1.29, 1.82) is 0 Å². The Morgan fingerprint density at radius 1 is 0.271 bits per heavy atom. The summed E-state index contributed by atoms with van der Waals surface area (Å²) in [6.45, 7) is 11.4. The molecule has 0 aromatic rings. The van der Waals surface area contributed by atoms with Crippen LogP contribution in [-0.4, -0.2) is 37.2 Å². The monoisotopic (exact) mass is 989 g/mol. The van der Waals surface area contributed by atoms with E-state index in [1.807, 2.05) is 0 Å². The van der Waals surface area contributed by atoms with Crippen LogP contribution in [0.4, 0.5) is 0 Å². The van der Waals surface area contributed by atoms with Crippen LogP contribution in [0, 0.1) is 11.8 Å². The maximum absolute atomic E-state index is 12.9. The minimum absolute atomic E-state index is 0.0620. The summed E-state index contributed by atoms with van der Waals surface area (Å²) < 4.78 is 17.0. The van der Waals surface area contributed by atoms with E-state index in [2.05, 4.69) is 34.6 Å². The van der Waals surface area contributed by atoms with Crippen molar-refractivity contribution in [3.8, 4) is 0 Å². The van der Waals surface area contributed by atoms with Crippen molar-refractivity contribution < 1.29 is 28.6 Å². The standard InChI is InChI=1S/C64H124O6/c1-6-7-8-9-10-11-12-13-14-15-16-17-18-25-31-36-41-46-51-56-64(67)70-61(58-69-63(66)55-50-45-40-35-30-26-21-23-28-33-38-43-48-53-60(4)5)57-68-62(65)54-49-44-39-34-29-24-20-19-22-27-32-37-42-47-52-59(2)3/h59-61H,6-58H2,1-5H3/t61-/m1/s1. The van der Waals surface area contributed by atoms with Crippen LogP contribution in [0.3, 0.4) is 0 Å². The van der Waals surface area contributed by atoms with Gasteiger partial charge in [0.2, 0.25) is 0 Å². The molecule has 6 heteroatoms. The molecule has 0 aliphatic rings. The molecule has 0 amide bonds. The van der Waals surface area contributed by atoms with Crippen LogP contribution < -0.4 is 0 Å². The van der Waals surface area contributed by atoms with Gasteiger partial charge in [0, 0.05) is 19.3 Å². The Morgan fingerprint density at radius 3 is 0.700 bits per heavy atom. The second-order valence-corrected chi connectivity index (χ2v) is 23.0. The van der Waals surface area contributed by atoms with Gasteiger partial charge in [-0.15, -0.1) is 0 Å². The van der Waals surface area contributed by atoms with Gasteiger partial charge in [-0.2, -0.15) is 0 Å². The molecule has 0 saturated carbocycles. The number of rotatable bonds is 58. The first-order chi connectivity index (χ1) is 34.2. The first-order valence-electron chi connectivity index (χ1n) is 31.7. The van der Waals surface area contributed by atoms with Gasteiger partial charge in [-0.25, -0.2) is 0 Å². The molecule has 416 valence electrons. The summed E-state index contributed by atoms with van der Waals surface area (Å²) in [5.74, 6) is 0.852. The van der Waals surface area contributed by atoms with Crippen molar-refractivity contribution in [3.05, 3.63) is 0 Å². The summed E-state index contributed by atoms with van der Waals surface area (Å²) in [4.78, 5) is 38.3. The zero-order chi connectivity index (χ0) is 51.1. The Bertz CT molecular complexity index is 1070. The third-order valence-electron chi connectivity index (χ3n) is 14.7. The molecule has 0 rings (SSSR count). The van der Waals surface area contributed by atoms with E-state index >= 15 is 0 Å². The van der Waals surface area contributed by atoms with Crippen molar-refractivity contribution in [2.24, 2.45) is 11.8 Å². The number of hydrogen-bond acceptors (Lipinski definition) is 6. The van der Waals surface area contributed by atoms with Crippen molar-refractivity contribution in [3.63, 3.8) is 0 Å². The van der Waals surface area contributed by atoms with Crippen molar-refractivity contribution >= 4 is 17.9 Å². The molecule has 0 fully saturated rings. The molecule has 0 unspecified atom stereocenters. The van der Waals surface area contributed by atoms with Crippen molar-refractivity contribution in [1.82, 2.24) is 0 Å². The van der Waals surface area contributed by atoms with Gasteiger partial charge in [0.05, 0.1) is 0 Å². The van der Waals surface area contributed by atoms with Gasteiger partial charge in [0.25, 0.3) is 0 Å². The van der Waals surface area contributed by atoms with Crippen LogP contribution in [0.2, 0.25) is 0 Å². The second-order valence-electron chi connectivity index (χ2n) is 23.0. The van der Waals surface area contributed by atoms with Crippen LogP contribution in [-0.2, 0) is 28.6 Å². The third kappa shape index (κ3) is 57.3. The number of hydrogen-bond donors (Lipinski definition) is 0. The molecule has 0 saturated heterocycles. The molecule has 1 atom stereocenters. The van der Waals surface area contributed by atoms with E-state index in [1.165, 1.54) is 250 Å². The molecule has 0 heterocycles. The lowest BCUT2D eigenvalue weighted by molar-refractivity contribution is -0.167. The highest BCUT2D eigenvalue weighted by Crippen LogP contribution is 2.19. The fourth-order valence-corrected chi connectivity index (χ4v) is 9.93. The van der Waals surface area contributed by atoms with Crippen LogP contribution in [0.25, 0.3) is 0 Å². The van der Waals surface area contributed by atoms with Gasteiger partial charge in [0.1, 0.15) is 13.2 Å². The van der Waals surface area contributed by atoms with Crippen molar-refractivity contribution in [2.75, 3.05) is 13.2 Å². The number of unbranched alkanes of at least 4 members (excludes halogenated alkanes) is 43. The molecular formula is C64H124O6. The molecule has 0 spiro atoms. The van der Waals surface area contributed by atoms with Gasteiger partial charge in [-0.1, -0.05) is 324 Å². The van der Waals surface area contributed by atoms with Gasteiger partial charge in [-0.3, -0.25) is 14.4 Å². The van der Waals surface area contributed by atoms with E-state index < -0.39 is 6.10 Å². The predicted molar refractivity (Wildman–Crippen MR) is 303 cm³/mol. The quantitative estimate of drug-likeness (QED) is 0.0343. The minimum Gasteiger partial charge on any atom is -0.462 e. The molecule has 0 bridgehead atoms. The van der Waals surface area contributed by atoms with E-state index in [1.54, 1.807) is 0 Å². The Hall–Kier alpha value is -1.59. The summed E-state index contributed by atoms with van der Waals surface area (Å²) in [6.07, 6.45) is 62.4. The number of esters is 3. The fraction of sp³-hybridized carbons (Fsp3) is 0.953. The first-order valence-corrected chi connectivity index (χ1v) is 31.7. The summed E-state index contributed by atoms with van der Waals surface area (Å²) in [6, 6.07) is 0. The molecule has 0 aliphatic heterocycles. The third-order valence-corrected chi connectivity index (χ3v) is 14.7. The molecule has 0 aromatic carbocycles. The zero-order valence-electron chi connectivity index (χ0n) is 48.2. The lowest BCUT2D eigenvalue weighted by atomic mass is 10.0. The molecule has 0 N–H and O–H groups in total. The first kappa shape index (κ1) is 68.4. The van der Waals surface area contributed by atoms with Gasteiger partial charge in [-0.05, 0) is 31.1 Å². The number of carbonyl (C=O) groups excluding carboxylic acids is 3. The second kappa shape index (κ2) is 56.7. The highest BCUT2D eigenvalue weighted by Gasteiger charge is 2.19. The van der Waals surface area contributed by atoms with Crippen LogP contribution in [0.15, 0.2) is 0 Å². The summed E-state index contributed by atoms with van der Waals surface area (Å²) in [5.41, 5.74) is 0. The van der Waals surface area contributed by atoms with Gasteiger partial charge >= 0.3 is 17.9 Å². The van der Waals surface area contributed by atoms with Gasteiger partial charge in [0.15, 0.2) is 6.10 Å². The highest BCUT2D eigenvalue weighted by atomic mass is 16.6. The summed E-state index contributed by atoms with van der Waals surface area (Å²) in [5, 5.41) is 0. The lowest BCUT2D eigenvalue weighted by Crippen LogP contribution is -2.30. The largest absolute Gasteiger partial charge is 0.462 e. The lowest BCUT2D eigenvalue weighted by Gasteiger charge is -2.18. The van der Waals surface area contributed by atoms with E-state index in [-0.39, 0.29) is 31.1 Å². The molecule has 6 nitrogen and oxygen atoms in total. The molecule has 70 heavy (non-hydrogen) atoms. The number of ether oxygens (including phenoxy) is 3. The average molecular weight is 990 g/mol. The summed E-state index contributed by atoms with van der Waals surface area (Å²) in [7, 11) is 0. The normalized spacial score (nSPS) is 12.0. The molecular weight excluding hydrogens is 865 g/mol. The number of carbonyl (C=O) groups is 3. The molecule has 0 radical (unpaired) electrons. The Morgan fingerprint density at radius 2 is 0.471 bits per heavy atom. The van der Waals surface area contributed by atoms with E-state index in [0.717, 1.165) is 69.6 Å². The average Bonchev–Trinajstić information content (AvgIpc) is 3.33. The Kier molecular flexibility index (Phi) is 55.4.